The molecule has 0 radical (unpaired) electrons. The average molecular weight is 477 g/mol. The standard InChI is InChI=1S/C21H25N5O.C2HF3O2/c1-16-13-19-17(3-2-4-20(19)24-16)14-23-21(27)15-25-9-11-26(12-10-25)18-5-7-22-8-6-18;3-2(4,5)1(6)7/h2-8,13,24H,9-12,14-15H2,1H3,(H,23,27);(H,6,7). The number of carbonyl (C=O) groups excluding carboxylic acids is 1. The van der Waals surface area contributed by atoms with Crippen LogP contribution in [-0.4, -0.2) is 70.8 Å². The minimum atomic E-state index is -5.08. The second-order valence-corrected chi connectivity index (χ2v) is 7.88. The number of nitrogens with one attached hydrogen (secondary N) is 2. The zero-order chi connectivity index (χ0) is 24.7. The number of carbonyl (C=O) groups is 2. The number of piperazine rings is 1. The first-order valence-corrected chi connectivity index (χ1v) is 10.6. The summed E-state index contributed by atoms with van der Waals surface area (Å²) in [5.41, 5.74) is 4.60. The first-order chi connectivity index (χ1) is 16.1. The molecule has 1 aliphatic rings. The number of anilines is 1. The maximum Gasteiger partial charge on any atom is 0.490 e. The van der Waals surface area contributed by atoms with Crippen LogP contribution in [-0.2, 0) is 16.1 Å². The Kier molecular flexibility index (Phi) is 8.11. The summed E-state index contributed by atoms with van der Waals surface area (Å²) >= 11 is 0. The van der Waals surface area contributed by atoms with E-state index >= 15 is 0 Å². The SMILES string of the molecule is Cc1cc2c(CNC(=O)CN3CCN(c4ccncc4)CC3)cccc2[nH]1.O=C(O)C(F)(F)F. The quantitative estimate of drug-likeness (QED) is 0.523. The van der Waals surface area contributed by atoms with Gasteiger partial charge in [-0.1, -0.05) is 12.1 Å². The Morgan fingerprint density at radius 3 is 2.38 bits per heavy atom. The number of pyridine rings is 1. The molecule has 3 aromatic rings. The van der Waals surface area contributed by atoms with Gasteiger partial charge < -0.3 is 20.3 Å². The first kappa shape index (κ1) is 25.0. The van der Waals surface area contributed by atoms with E-state index in [2.05, 4.69) is 43.3 Å². The fourth-order valence-corrected chi connectivity index (χ4v) is 3.68. The summed E-state index contributed by atoms with van der Waals surface area (Å²) in [6.07, 6.45) is -1.44. The van der Waals surface area contributed by atoms with Gasteiger partial charge in [0.15, 0.2) is 0 Å². The van der Waals surface area contributed by atoms with Crippen molar-refractivity contribution in [2.75, 3.05) is 37.6 Å². The molecule has 8 nitrogen and oxygen atoms in total. The lowest BCUT2D eigenvalue weighted by Crippen LogP contribution is -2.49. The van der Waals surface area contributed by atoms with Crippen LogP contribution in [0.2, 0.25) is 0 Å². The molecule has 3 heterocycles. The number of aliphatic carboxylic acids is 1. The predicted molar refractivity (Wildman–Crippen MR) is 121 cm³/mol. The number of carboxylic acid groups (broad SMARTS) is 1. The number of hydrogen-bond donors (Lipinski definition) is 3. The van der Waals surface area contributed by atoms with Crippen molar-refractivity contribution in [2.24, 2.45) is 0 Å². The number of H-pyrrole nitrogens is 1. The Morgan fingerprint density at radius 2 is 1.76 bits per heavy atom. The van der Waals surface area contributed by atoms with Gasteiger partial charge in [0, 0.05) is 67.4 Å². The molecule has 0 unspecified atom stereocenters. The summed E-state index contributed by atoms with van der Waals surface area (Å²) in [7, 11) is 0. The van der Waals surface area contributed by atoms with Crippen LogP contribution in [0.15, 0.2) is 48.8 Å². The van der Waals surface area contributed by atoms with Crippen molar-refractivity contribution >= 4 is 28.5 Å². The van der Waals surface area contributed by atoms with Crippen LogP contribution >= 0.6 is 0 Å². The second-order valence-electron chi connectivity index (χ2n) is 7.88. The number of amides is 1. The van der Waals surface area contributed by atoms with Gasteiger partial charge in [-0.15, -0.1) is 0 Å². The highest BCUT2D eigenvalue weighted by Crippen LogP contribution is 2.19. The van der Waals surface area contributed by atoms with Crippen molar-refractivity contribution in [3.63, 3.8) is 0 Å². The normalized spacial score (nSPS) is 14.4. The highest BCUT2D eigenvalue weighted by Gasteiger charge is 2.38. The summed E-state index contributed by atoms with van der Waals surface area (Å²) in [5.74, 6) is -2.68. The summed E-state index contributed by atoms with van der Waals surface area (Å²) in [5, 5.41) is 11.4. The van der Waals surface area contributed by atoms with E-state index in [9.17, 15) is 18.0 Å². The number of halogens is 3. The van der Waals surface area contributed by atoms with Crippen molar-refractivity contribution in [3.8, 4) is 0 Å². The van der Waals surface area contributed by atoms with Gasteiger partial charge in [-0.2, -0.15) is 13.2 Å². The molecule has 11 heteroatoms. The minimum Gasteiger partial charge on any atom is -0.475 e. The largest absolute Gasteiger partial charge is 0.490 e. The highest BCUT2D eigenvalue weighted by atomic mass is 19.4. The Hall–Kier alpha value is -3.60. The van der Waals surface area contributed by atoms with Gasteiger partial charge in [0.25, 0.3) is 0 Å². The third-order valence-electron chi connectivity index (χ3n) is 5.37. The fourth-order valence-electron chi connectivity index (χ4n) is 3.68. The van der Waals surface area contributed by atoms with E-state index in [0.29, 0.717) is 13.1 Å². The molecular formula is C23H26F3N5O3. The third kappa shape index (κ3) is 6.95. The molecule has 182 valence electrons. The van der Waals surface area contributed by atoms with Crippen LogP contribution in [0.3, 0.4) is 0 Å². The second kappa shape index (κ2) is 11.0. The third-order valence-corrected chi connectivity index (χ3v) is 5.37. The van der Waals surface area contributed by atoms with Crippen LogP contribution in [0.5, 0.6) is 0 Å². The smallest absolute Gasteiger partial charge is 0.475 e. The number of carboxylic acids is 1. The van der Waals surface area contributed by atoms with Crippen LogP contribution in [0.25, 0.3) is 10.9 Å². The van der Waals surface area contributed by atoms with E-state index in [-0.39, 0.29) is 5.91 Å². The molecular weight excluding hydrogens is 451 g/mol. The van der Waals surface area contributed by atoms with Gasteiger partial charge in [0.05, 0.1) is 6.54 Å². The molecule has 1 saturated heterocycles. The van der Waals surface area contributed by atoms with Crippen LogP contribution in [0.1, 0.15) is 11.3 Å². The number of aromatic nitrogens is 2. The molecule has 0 saturated carbocycles. The van der Waals surface area contributed by atoms with Crippen molar-refractivity contribution in [2.45, 2.75) is 19.6 Å². The van der Waals surface area contributed by atoms with E-state index in [1.165, 1.54) is 11.1 Å². The number of hydrogen-bond acceptors (Lipinski definition) is 5. The summed E-state index contributed by atoms with van der Waals surface area (Å²) in [4.78, 5) is 33.3. The van der Waals surface area contributed by atoms with Gasteiger partial charge in [0.1, 0.15) is 0 Å². The number of aromatic amines is 1. The Balaban J connectivity index is 0.000000406. The molecule has 1 amide bonds. The van der Waals surface area contributed by atoms with Crippen molar-refractivity contribution < 1.29 is 27.9 Å². The molecule has 2 aromatic heterocycles. The van der Waals surface area contributed by atoms with E-state index in [0.717, 1.165) is 43.0 Å². The summed E-state index contributed by atoms with van der Waals surface area (Å²) < 4.78 is 31.7. The Morgan fingerprint density at radius 1 is 1.12 bits per heavy atom. The predicted octanol–water partition coefficient (Wildman–Crippen LogP) is 2.94. The topological polar surface area (TPSA) is 102 Å². The number of benzene rings is 1. The summed E-state index contributed by atoms with van der Waals surface area (Å²) in [6.45, 7) is 6.70. The molecule has 0 aliphatic carbocycles. The van der Waals surface area contributed by atoms with Crippen molar-refractivity contribution in [1.29, 1.82) is 0 Å². The molecule has 0 spiro atoms. The van der Waals surface area contributed by atoms with Crippen LogP contribution < -0.4 is 10.2 Å². The van der Waals surface area contributed by atoms with E-state index in [1.807, 2.05) is 37.5 Å². The Labute approximate surface area is 194 Å². The lowest BCUT2D eigenvalue weighted by atomic mass is 10.1. The molecule has 1 aromatic carbocycles. The van der Waals surface area contributed by atoms with Crippen LogP contribution in [0, 0.1) is 6.92 Å². The molecule has 0 atom stereocenters. The van der Waals surface area contributed by atoms with E-state index in [4.69, 9.17) is 9.90 Å². The molecule has 1 fully saturated rings. The maximum atomic E-state index is 12.4. The fraction of sp³-hybridized carbons (Fsp3) is 0.348. The molecule has 0 bridgehead atoms. The van der Waals surface area contributed by atoms with E-state index < -0.39 is 12.1 Å². The number of fused-ring (bicyclic) bond motifs is 1. The van der Waals surface area contributed by atoms with Gasteiger partial charge in [-0.05, 0) is 36.8 Å². The van der Waals surface area contributed by atoms with E-state index in [1.54, 1.807) is 0 Å². The number of aryl methyl sites for hydroxylation is 1. The minimum absolute atomic E-state index is 0.0802. The number of nitrogens with zero attached hydrogens (tertiary/aromatic N) is 3. The lowest BCUT2D eigenvalue weighted by molar-refractivity contribution is -0.192. The van der Waals surface area contributed by atoms with Crippen LogP contribution in [0.4, 0.5) is 18.9 Å². The molecule has 3 N–H and O–H groups in total. The average Bonchev–Trinajstić information content (AvgIpc) is 3.19. The molecule has 34 heavy (non-hydrogen) atoms. The van der Waals surface area contributed by atoms with Gasteiger partial charge in [0.2, 0.25) is 5.91 Å². The Bertz CT molecular complexity index is 1110. The van der Waals surface area contributed by atoms with Crippen molar-refractivity contribution in [1.82, 2.24) is 20.2 Å². The number of alkyl halides is 3. The van der Waals surface area contributed by atoms with Gasteiger partial charge in [-0.25, -0.2) is 4.79 Å². The number of rotatable bonds is 5. The highest BCUT2D eigenvalue weighted by molar-refractivity contribution is 5.85. The first-order valence-electron chi connectivity index (χ1n) is 10.6. The zero-order valence-corrected chi connectivity index (χ0v) is 18.6. The summed E-state index contributed by atoms with van der Waals surface area (Å²) in [6, 6.07) is 12.4. The molecule has 1 aliphatic heterocycles. The zero-order valence-electron chi connectivity index (χ0n) is 18.6. The van der Waals surface area contributed by atoms with Crippen molar-refractivity contribution in [3.05, 3.63) is 60.0 Å². The monoisotopic (exact) mass is 477 g/mol. The lowest BCUT2D eigenvalue weighted by Gasteiger charge is -2.35. The van der Waals surface area contributed by atoms with Gasteiger partial charge in [-0.3, -0.25) is 14.7 Å². The molecule has 4 rings (SSSR count). The maximum absolute atomic E-state index is 12.4. The van der Waals surface area contributed by atoms with Gasteiger partial charge >= 0.3 is 12.1 Å².